The minimum atomic E-state index is -3.20. The van der Waals surface area contributed by atoms with Gasteiger partial charge < -0.3 is 9.47 Å². The van der Waals surface area contributed by atoms with Crippen molar-refractivity contribution in [3.8, 4) is 22.1 Å². The third-order valence-electron chi connectivity index (χ3n) is 4.39. The van der Waals surface area contributed by atoms with E-state index in [1.807, 2.05) is 60.8 Å². The molecule has 1 heterocycles. The molecule has 0 radical (unpaired) electrons. The minimum Gasteiger partial charge on any atom is -0.493 e. The topological polar surface area (TPSA) is 65.5 Å². The van der Waals surface area contributed by atoms with E-state index in [1.165, 1.54) is 11.3 Å². The maximum atomic E-state index is 12.5. The van der Waals surface area contributed by atoms with Gasteiger partial charge in [-0.2, -0.15) is 0 Å². The van der Waals surface area contributed by atoms with Gasteiger partial charge in [-0.05, 0) is 43.5 Å². The number of methoxy groups -OCH3 is 1. The van der Waals surface area contributed by atoms with Gasteiger partial charge in [-0.1, -0.05) is 30.3 Å². The Morgan fingerprint density at radius 2 is 1.86 bits per heavy atom. The number of hydrogen-bond acceptors (Lipinski definition) is 6. The molecule has 7 heteroatoms. The molecule has 154 valence electrons. The molecule has 2 aromatic carbocycles. The van der Waals surface area contributed by atoms with Gasteiger partial charge in [-0.25, -0.2) is 13.4 Å². The van der Waals surface area contributed by atoms with Crippen molar-refractivity contribution < 1.29 is 17.9 Å². The highest BCUT2D eigenvalue weighted by molar-refractivity contribution is 7.90. The standard InChI is InChI=1S/C22H25NO4S2/c1-3-27-20-12-11-18(14-21(20)26-2)22-23-19(15-28-22)16-29(24,25)13-7-10-17-8-5-4-6-9-17/h4-6,8-9,11-12,14-15H,3,7,10,13,16H2,1-2H3. The van der Waals surface area contributed by atoms with Gasteiger partial charge in [-0.3, -0.25) is 0 Å². The highest BCUT2D eigenvalue weighted by atomic mass is 32.2. The van der Waals surface area contributed by atoms with Gasteiger partial charge >= 0.3 is 0 Å². The number of sulfone groups is 1. The number of benzene rings is 2. The van der Waals surface area contributed by atoms with Crippen molar-refractivity contribution in [2.75, 3.05) is 19.5 Å². The fourth-order valence-corrected chi connectivity index (χ4v) is 5.27. The summed E-state index contributed by atoms with van der Waals surface area (Å²) in [5.74, 6) is 1.43. The molecule has 0 N–H and O–H groups in total. The van der Waals surface area contributed by atoms with Crippen molar-refractivity contribution in [1.82, 2.24) is 4.98 Å². The molecule has 3 rings (SSSR count). The number of nitrogens with zero attached hydrogens (tertiary/aromatic N) is 1. The maximum Gasteiger partial charge on any atom is 0.161 e. The first-order valence-corrected chi connectivity index (χ1v) is 12.2. The van der Waals surface area contributed by atoms with E-state index in [9.17, 15) is 8.42 Å². The van der Waals surface area contributed by atoms with Crippen LogP contribution in [0, 0.1) is 0 Å². The van der Waals surface area contributed by atoms with Crippen LogP contribution in [0.25, 0.3) is 10.6 Å². The maximum absolute atomic E-state index is 12.5. The Labute approximate surface area is 176 Å². The first kappa shape index (κ1) is 21.3. The summed E-state index contributed by atoms with van der Waals surface area (Å²) in [7, 11) is -1.61. The van der Waals surface area contributed by atoms with E-state index in [-0.39, 0.29) is 11.5 Å². The van der Waals surface area contributed by atoms with Crippen molar-refractivity contribution in [1.29, 1.82) is 0 Å². The fraction of sp³-hybridized carbons (Fsp3) is 0.318. The second kappa shape index (κ2) is 9.89. The lowest BCUT2D eigenvalue weighted by atomic mass is 10.1. The van der Waals surface area contributed by atoms with E-state index in [1.54, 1.807) is 7.11 Å². The first-order chi connectivity index (χ1) is 14.0. The third kappa shape index (κ3) is 6.05. The summed E-state index contributed by atoms with van der Waals surface area (Å²) in [5.41, 5.74) is 2.61. The number of hydrogen-bond donors (Lipinski definition) is 0. The molecule has 0 aliphatic carbocycles. The molecule has 0 bridgehead atoms. The average molecular weight is 432 g/mol. The van der Waals surface area contributed by atoms with Crippen molar-refractivity contribution in [2.45, 2.75) is 25.5 Å². The van der Waals surface area contributed by atoms with Crippen LogP contribution in [0.5, 0.6) is 11.5 Å². The Balaban J connectivity index is 1.63. The summed E-state index contributed by atoms with van der Waals surface area (Å²) in [5, 5.41) is 2.58. The second-order valence-electron chi connectivity index (χ2n) is 6.62. The summed E-state index contributed by atoms with van der Waals surface area (Å²) in [4.78, 5) is 4.53. The van der Waals surface area contributed by atoms with Gasteiger partial charge in [0, 0.05) is 10.9 Å². The van der Waals surface area contributed by atoms with Crippen molar-refractivity contribution >= 4 is 21.2 Å². The lowest BCUT2D eigenvalue weighted by Gasteiger charge is -2.09. The van der Waals surface area contributed by atoms with Crippen LogP contribution in [0.4, 0.5) is 0 Å². The van der Waals surface area contributed by atoms with Crippen LogP contribution in [0.2, 0.25) is 0 Å². The lowest BCUT2D eigenvalue weighted by molar-refractivity contribution is 0.311. The molecule has 0 fully saturated rings. The molecule has 5 nitrogen and oxygen atoms in total. The highest BCUT2D eigenvalue weighted by Gasteiger charge is 2.16. The molecule has 0 amide bonds. The SMILES string of the molecule is CCOc1ccc(-c2nc(CS(=O)(=O)CCCc3ccccc3)cs2)cc1OC. The number of aromatic nitrogens is 1. The largest absolute Gasteiger partial charge is 0.493 e. The summed E-state index contributed by atoms with van der Waals surface area (Å²) in [6.07, 6.45) is 1.37. The van der Waals surface area contributed by atoms with Gasteiger partial charge in [0.1, 0.15) is 5.01 Å². The Morgan fingerprint density at radius 1 is 1.07 bits per heavy atom. The Bertz CT molecular complexity index is 1030. The predicted octanol–water partition coefficient (Wildman–Crippen LogP) is 4.77. The molecule has 0 atom stereocenters. The minimum absolute atomic E-state index is 0.0353. The summed E-state index contributed by atoms with van der Waals surface area (Å²) < 4.78 is 35.9. The number of ether oxygens (including phenoxy) is 2. The third-order valence-corrected chi connectivity index (χ3v) is 6.98. The molecule has 3 aromatic rings. The lowest BCUT2D eigenvalue weighted by Crippen LogP contribution is -2.10. The normalized spacial score (nSPS) is 11.4. The molecule has 0 unspecified atom stereocenters. The van der Waals surface area contributed by atoms with E-state index in [0.29, 0.717) is 30.2 Å². The number of aryl methyl sites for hydroxylation is 1. The second-order valence-corrected chi connectivity index (χ2v) is 9.67. The van der Waals surface area contributed by atoms with E-state index >= 15 is 0 Å². The van der Waals surface area contributed by atoms with Crippen molar-refractivity contribution in [2.24, 2.45) is 0 Å². The fourth-order valence-electron chi connectivity index (χ4n) is 3.02. The van der Waals surface area contributed by atoms with Crippen LogP contribution >= 0.6 is 11.3 Å². The van der Waals surface area contributed by atoms with E-state index in [0.717, 1.165) is 22.6 Å². The van der Waals surface area contributed by atoms with E-state index < -0.39 is 9.84 Å². The molecular formula is C22H25NO4S2. The molecule has 29 heavy (non-hydrogen) atoms. The van der Waals surface area contributed by atoms with Gasteiger partial charge in [0.25, 0.3) is 0 Å². The van der Waals surface area contributed by atoms with Crippen LogP contribution < -0.4 is 9.47 Å². The molecule has 0 saturated carbocycles. The van der Waals surface area contributed by atoms with Crippen LogP contribution in [-0.2, 0) is 22.0 Å². The highest BCUT2D eigenvalue weighted by Crippen LogP contribution is 2.34. The molecule has 0 spiro atoms. The van der Waals surface area contributed by atoms with Crippen molar-refractivity contribution in [3.63, 3.8) is 0 Å². The van der Waals surface area contributed by atoms with Crippen molar-refractivity contribution in [3.05, 3.63) is 65.2 Å². The zero-order valence-electron chi connectivity index (χ0n) is 16.6. The smallest absolute Gasteiger partial charge is 0.161 e. The monoisotopic (exact) mass is 431 g/mol. The van der Waals surface area contributed by atoms with Gasteiger partial charge in [-0.15, -0.1) is 11.3 Å². The summed E-state index contributed by atoms with van der Waals surface area (Å²) >= 11 is 1.43. The molecule has 0 saturated heterocycles. The Hall–Kier alpha value is -2.38. The quantitative estimate of drug-likeness (QED) is 0.463. The number of rotatable bonds is 10. The molecular weight excluding hydrogens is 406 g/mol. The van der Waals surface area contributed by atoms with Gasteiger partial charge in [0.2, 0.25) is 0 Å². The average Bonchev–Trinajstić information content (AvgIpc) is 3.17. The van der Waals surface area contributed by atoms with E-state index in [2.05, 4.69) is 4.98 Å². The summed E-state index contributed by atoms with van der Waals surface area (Å²) in [6.45, 7) is 2.47. The Kier molecular flexibility index (Phi) is 7.28. The van der Waals surface area contributed by atoms with Crippen LogP contribution in [0.3, 0.4) is 0 Å². The predicted molar refractivity (Wildman–Crippen MR) is 118 cm³/mol. The summed E-state index contributed by atoms with van der Waals surface area (Å²) in [6, 6.07) is 15.5. The molecule has 0 aliphatic heterocycles. The van der Waals surface area contributed by atoms with Gasteiger partial charge in [0.15, 0.2) is 21.3 Å². The van der Waals surface area contributed by atoms with Gasteiger partial charge in [0.05, 0.1) is 30.9 Å². The molecule has 1 aromatic heterocycles. The van der Waals surface area contributed by atoms with E-state index in [4.69, 9.17) is 9.47 Å². The Morgan fingerprint density at radius 3 is 2.59 bits per heavy atom. The molecule has 0 aliphatic rings. The van der Waals surface area contributed by atoms with Crippen LogP contribution in [0.1, 0.15) is 24.6 Å². The zero-order valence-corrected chi connectivity index (χ0v) is 18.3. The van der Waals surface area contributed by atoms with Crippen LogP contribution in [-0.4, -0.2) is 32.9 Å². The zero-order chi connectivity index (χ0) is 20.7. The van der Waals surface area contributed by atoms with Crippen LogP contribution in [0.15, 0.2) is 53.9 Å². The number of thiazole rings is 1. The first-order valence-electron chi connectivity index (χ1n) is 9.50.